The van der Waals surface area contributed by atoms with E-state index in [9.17, 15) is 5.11 Å². The highest BCUT2D eigenvalue weighted by molar-refractivity contribution is 4.84. The fraction of sp³-hybridized carbons (Fsp3) is 1.00. The van der Waals surface area contributed by atoms with Gasteiger partial charge in [-0.3, -0.25) is 5.32 Å². The van der Waals surface area contributed by atoms with Crippen LogP contribution in [0, 0.1) is 5.92 Å². The largest absolute Gasteiger partial charge is 0.376 e. The summed E-state index contributed by atoms with van der Waals surface area (Å²) in [6.45, 7) is 1.00. The molecule has 2 N–H and O–H groups in total. The van der Waals surface area contributed by atoms with E-state index in [4.69, 9.17) is 0 Å². The standard InChI is InChI=1S/C21H41NO/c23-21-17-14-16-20(19-21)15-12-10-8-6-4-2-1-3-5-7-9-11-13-18-22-21/h20,22-23H,1-19H2. The maximum absolute atomic E-state index is 10.8. The Labute approximate surface area is 144 Å². The van der Waals surface area contributed by atoms with Crippen LogP contribution in [0.25, 0.3) is 0 Å². The van der Waals surface area contributed by atoms with Gasteiger partial charge in [0.25, 0.3) is 0 Å². The van der Waals surface area contributed by atoms with Crippen LogP contribution in [-0.4, -0.2) is 17.4 Å². The maximum Gasteiger partial charge on any atom is 0.116 e. The molecule has 2 unspecified atom stereocenters. The third kappa shape index (κ3) is 8.54. The van der Waals surface area contributed by atoms with Crippen LogP contribution in [0.2, 0.25) is 0 Å². The van der Waals surface area contributed by atoms with Crippen LogP contribution in [0.3, 0.4) is 0 Å². The molecule has 23 heavy (non-hydrogen) atoms. The van der Waals surface area contributed by atoms with E-state index in [1.54, 1.807) is 0 Å². The molecule has 1 heterocycles. The third-order valence-corrected chi connectivity index (χ3v) is 6.07. The SMILES string of the molecule is OC12CCCC(CCCCCCCCCCCCCCCN1)C2. The van der Waals surface area contributed by atoms with E-state index in [1.165, 1.54) is 103 Å². The highest BCUT2D eigenvalue weighted by atomic mass is 16.3. The molecule has 1 aliphatic carbocycles. The minimum atomic E-state index is -0.550. The lowest BCUT2D eigenvalue weighted by Gasteiger charge is -2.38. The van der Waals surface area contributed by atoms with Crippen LogP contribution in [0.1, 0.15) is 116 Å². The van der Waals surface area contributed by atoms with Crippen molar-refractivity contribution in [2.24, 2.45) is 5.92 Å². The van der Waals surface area contributed by atoms with Gasteiger partial charge in [-0.1, -0.05) is 89.9 Å². The third-order valence-electron chi connectivity index (χ3n) is 6.07. The normalized spacial score (nSPS) is 34.0. The molecule has 2 heteroatoms. The molecule has 1 aliphatic heterocycles. The van der Waals surface area contributed by atoms with Crippen molar-refractivity contribution >= 4 is 0 Å². The number of hydrogen-bond acceptors (Lipinski definition) is 2. The highest BCUT2D eigenvalue weighted by Gasteiger charge is 2.33. The Kier molecular flexibility index (Phi) is 9.60. The molecule has 1 saturated carbocycles. The lowest BCUT2D eigenvalue weighted by molar-refractivity contribution is -0.0470. The zero-order chi connectivity index (χ0) is 16.2. The highest BCUT2D eigenvalue weighted by Crippen LogP contribution is 2.34. The zero-order valence-corrected chi connectivity index (χ0v) is 15.5. The smallest absolute Gasteiger partial charge is 0.116 e. The first-order chi connectivity index (χ1) is 11.3. The van der Waals surface area contributed by atoms with Gasteiger partial charge in [0.05, 0.1) is 0 Å². The molecule has 2 atom stereocenters. The Morgan fingerprint density at radius 1 is 0.609 bits per heavy atom. The summed E-state index contributed by atoms with van der Waals surface area (Å²) in [4.78, 5) is 0. The Morgan fingerprint density at radius 3 is 1.70 bits per heavy atom. The molecule has 0 radical (unpaired) electrons. The lowest BCUT2D eigenvalue weighted by Crippen LogP contribution is -2.49. The van der Waals surface area contributed by atoms with Crippen LogP contribution in [0.15, 0.2) is 0 Å². The van der Waals surface area contributed by atoms with Gasteiger partial charge in [0, 0.05) is 0 Å². The van der Waals surface area contributed by atoms with Gasteiger partial charge in [-0.25, -0.2) is 0 Å². The second-order valence-electron chi connectivity index (χ2n) is 8.31. The molecular weight excluding hydrogens is 282 g/mol. The first-order valence-corrected chi connectivity index (χ1v) is 10.8. The predicted octanol–water partition coefficient (Wildman–Crippen LogP) is 5.93. The molecule has 0 aromatic carbocycles. The van der Waals surface area contributed by atoms with Crippen molar-refractivity contribution in [1.29, 1.82) is 0 Å². The summed E-state index contributed by atoms with van der Waals surface area (Å²) in [5.41, 5.74) is -0.550. The molecule has 2 rings (SSSR count). The van der Waals surface area contributed by atoms with Crippen molar-refractivity contribution in [3.63, 3.8) is 0 Å². The molecule has 0 aromatic heterocycles. The summed E-state index contributed by atoms with van der Waals surface area (Å²) in [7, 11) is 0. The average molecular weight is 324 g/mol. The first kappa shape index (κ1) is 19.2. The quantitative estimate of drug-likeness (QED) is 0.579. The van der Waals surface area contributed by atoms with Crippen molar-refractivity contribution < 1.29 is 5.11 Å². The van der Waals surface area contributed by atoms with Crippen LogP contribution < -0.4 is 5.32 Å². The van der Waals surface area contributed by atoms with E-state index < -0.39 is 5.72 Å². The molecule has 136 valence electrons. The van der Waals surface area contributed by atoms with Crippen molar-refractivity contribution in [2.75, 3.05) is 6.54 Å². The van der Waals surface area contributed by atoms with Crippen molar-refractivity contribution in [1.82, 2.24) is 5.32 Å². The molecule has 0 spiro atoms. The molecule has 0 aromatic rings. The van der Waals surface area contributed by atoms with E-state index in [0.29, 0.717) is 0 Å². The van der Waals surface area contributed by atoms with Crippen molar-refractivity contribution in [3.8, 4) is 0 Å². The Bertz CT molecular complexity index is 294. The Balaban J connectivity index is 1.72. The number of aliphatic hydroxyl groups is 1. The molecular formula is C21H41NO. The van der Waals surface area contributed by atoms with Crippen molar-refractivity contribution in [2.45, 2.75) is 121 Å². The maximum atomic E-state index is 10.8. The average Bonchev–Trinajstić information content (AvgIpc) is 2.54. The van der Waals surface area contributed by atoms with Gasteiger partial charge < -0.3 is 5.11 Å². The number of fused-ring (bicyclic) bond motifs is 2. The number of nitrogens with one attached hydrogen (secondary N) is 1. The molecule has 2 bridgehead atoms. The van der Waals surface area contributed by atoms with Gasteiger partial charge >= 0.3 is 0 Å². The van der Waals surface area contributed by atoms with Gasteiger partial charge in [-0.15, -0.1) is 0 Å². The molecule has 2 nitrogen and oxygen atoms in total. The van der Waals surface area contributed by atoms with Gasteiger partial charge in [-0.2, -0.15) is 0 Å². The van der Waals surface area contributed by atoms with E-state index in [2.05, 4.69) is 5.32 Å². The molecule has 2 aliphatic rings. The number of hydrogen-bond donors (Lipinski definition) is 2. The monoisotopic (exact) mass is 323 g/mol. The summed E-state index contributed by atoms with van der Waals surface area (Å²) in [6, 6.07) is 0. The van der Waals surface area contributed by atoms with Crippen LogP contribution in [-0.2, 0) is 0 Å². The summed E-state index contributed by atoms with van der Waals surface area (Å²) >= 11 is 0. The van der Waals surface area contributed by atoms with Crippen LogP contribution >= 0.6 is 0 Å². The van der Waals surface area contributed by atoms with Crippen LogP contribution in [0.5, 0.6) is 0 Å². The Morgan fingerprint density at radius 2 is 1.09 bits per heavy atom. The summed E-state index contributed by atoms with van der Waals surface area (Å²) < 4.78 is 0. The first-order valence-electron chi connectivity index (χ1n) is 10.8. The van der Waals surface area contributed by atoms with E-state index >= 15 is 0 Å². The fourth-order valence-corrected chi connectivity index (χ4v) is 4.60. The van der Waals surface area contributed by atoms with Gasteiger partial charge in [0.1, 0.15) is 5.72 Å². The summed E-state index contributed by atoms with van der Waals surface area (Å²) in [5, 5.41) is 14.3. The van der Waals surface area contributed by atoms with E-state index in [0.717, 1.165) is 25.3 Å². The molecule has 1 saturated heterocycles. The minimum absolute atomic E-state index is 0.550. The number of rotatable bonds is 0. The topological polar surface area (TPSA) is 32.3 Å². The molecule has 0 amide bonds. The van der Waals surface area contributed by atoms with Crippen LogP contribution in [0.4, 0.5) is 0 Å². The predicted molar refractivity (Wildman–Crippen MR) is 99.5 cm³/mol. The van der Waals surface area contributed by atoms with Gasteiger partial charge in [0.2, 0.25) is 0 Å². The second kappa shape index (κ2) is 11.5. The minimum Gasteiger partial charge on any atom is -0.376 e. The molecule has 2 fully saturated rings. The fourth-order valence-electron chi connectivity index (χ4n) is 4.60. The van der Waals surface area contributed by atoms with Gasteiger partial charge in [-0.05, 0) is 38.1 Å². The summed E-state index contributed by atoms with van der Waals surface area (Å²) in [6.07, 6.45) is 24.1. The zero-order valence-electron chi connectivity index (χ0n) is 15.5. The van der Waals surface area contributed by atoms with E-state index in [-0.39, 0.29) is 0 Å². The lowest BCUT2D eigenvalue weighted by atomic mass is 9.80. The Hall–Kier alpha value is -0.0800. The van der Waals surface area contributed by atoms with E-state index in [1.807, 2.05) is 0 Å². The van der Waals surface area contributed by atoms with Gasteiger partial charge in [0.15, 0.2) is 0 Å². The summed E-state index contributed by atoms with van der Waals surface area (Å²) in [5.74, 6) is 0.753. The van der Waals surface area contributed by atoms with Crippen molar-refractivity contribution in [3.05, 3.63) is 0 Å². The second-order valence-corrected chi connectivity index (χ2v) is 8.31.